The van der Waals surface area contributed by atoms with E-state index in [-0.39, 0.29) is 24.4 Å². The van der Waals surface area contributed by atoms with E-state index in [2.05, 4.69) is 5.32 Å². The number of primary amides is 1. The maximum absolute atomic E-state index is 12.9. The highest BCUT2D eigenvalue weighted by Crippen LogP contribution is 2.14. The number of ether oxygens (including phenoxy) is 1. The molecule has 0 aromatic heterocycles. The molecule has 0 saturated heterocycles. The van der Waals surface area contributed by atoms with Gasteiger partial charge in [-0.2, -0.15) is 0 Å². The second-order valence-corrected chi connectivity index (χ2v) is 5.44. The normalized spacial score (nSPS) is 11.9. The average Bonchev–Trinajstić information content (AvgIpc) is 2.59. The summed E-state index contributed by atoms with van der Waals surface area (Å²) in [5, 5.41) is 2.81. The van der Waals surface area contributed by atoms with Crippen LogP contribution in [0.15, 0.2) is 54.6 Å². The van der Waals surface area contributed by atoms with E-state index >= 15 is 0 Å². The summed E-state index contributed by atoms with van der Waals surface area (Å²) in [5.74, 6) is -0.599. The Kier molecular flexibility index (Phi) is 6.28. The summed E-state index contributed by atoms with van der Waals surface area (Å²) in [6.45, 7) is 1.64. The first-order chi connectivity index (χ1) is 11.9. The molecular formula is C19H19FN2O3. The minimum absolute atomic E-state index is 0.182. The van der Waals surface area contributed by atoms with Crippen LogP contribution in [0, 0.1) is 5.82 Å². The van der Waals surface area contributed by atoms with Crippen LogP contribution in [0.4, 0.5) is 4.39 Å². The summed E-state index contributed by atoms with van der Waals surface area (Å²) in [7, 11) is 0. The summed E-state index contributed by atoms with van der Waals surface area (Å²) in [6, 6.07) is 12.6. The van der Waals surface area contributed by atoms with Crippen LogP contribution >= 0.6 is 0 Å². The second-order valence-electron chi connectivity index (χ2n) is 5.44. The first-order valence-corrected chi connectivity index (χ1v) is 7.69. The molecule has 1 unspecified atom stereocenters. The van der Waals surface area contributed by atoms with Gasteiger partial charge in [0.1, 0.15) is 11.6 Å². The van der Waals surface area contributed by atoms with Crippen molar-refractivity contribution in [2.24, 2.45) is 5.73 Å². The first kappa shape index (κ1) is 18.2. The van der Waals surface area contributed by atoms with E-state index in [1.165, 1.54) is 18.2 Å². The Hall–Kier alpha value is -3.15. The van der Waals surface area contributed by atoms with Crippen LogP contribution in [0.3, 0.4) is 0 Å². The zero-order chi connectivity index (χ0) is 18.2. The topological polar surface area (TPSA) is 81.4 Å². The third-order valence-electron chi connectivity index (χ3n) is 3.42. The van der Waals surface area contributed by atoms with Gasteiger partial charge in [-0.1, -0.05) is 24.3 Å². The molecule has 25 heavy (non-hydrogen) atoms. The molecule has 3 N–H and O–H groups in total. The molecule has 0 aliphatic heterocycles. The number of halogens is 1. The lowest BCUT2D eigenvalue weighted by Gasteiger charge is -2.12. The molecule has 0 fully saturated rings. The Morgan fingerprint density at radius 1 is 1.16 bits per heavy atom. The van der Waals surface area contributed by atoms with Crippen LogP contribution in [-0.4, -0.2) is 18.4 Å². The fraction of sp³-hybridized carbons (Fsp3) is 0.158. The fourth-order valence-corrected chi connectivity index (χ4v) is 2.10. The van der Waals surface area contributed by atoms with Gasteiger partial charge < -0.3 is 15.8 Å². The van der Waals surface area contributed by atoms with Crippen molar-refractivity contribution in [3.63, 3.8) is 0 Å². The van der Waals surface area contributed by atoms with E-state index in [0.29, 0.717) is 5.75 Å². The van der Waals surface area contributed by atoms with Gasteiger partial charge in [0, 0.05) is 6.08 Å². The van der Waals surface area contributed by atoms with Crippen LogP contribution in [-0.2, 0) is 9.59 Å². The number of hydrogen-bond acceptors (Lipinski definition) is 3. The monoisotopic (exact) mass is 342 g/mol. The maximum Gasteiger partial charge on any atom is 0.255 e. The maximum atomic E-state index is 12.9. The van der Waals surface area contributed by atoms with Gasteiger partial charge in [0.2, 0.25) is 5.91 Å². The van der Waals surface area contributed by atoms with E-state index < -0.39 is 5.91 Å². The average molecular weight is 342 g/mol. The lowest BCUT2D eigenvalue weighted by Crippen LogP contribution is -2.24. The molecular weight excluding hydrogens is 323 g/mol. The van der Waals surface area contributed by atoms with Crippen molar-refractivity contribution in [1.29, 1.82) is 0 Å². The molecule has 0 aliphatic rings. The molecule has 0 bridgehead atoms. The van der Waals surface area contributed by atoms with Crippen molar-refractivity contribution >= 4 is 17.9 Å². The van der Waals surface area contributed by atoms with E-state index in [1.807, 2.05) is 6.92 Å². The summed E-state index contributed by atoms with van der Waals surface area (Å²) in [4.78, 5) is 22.6. The van der Waals surface area contributed by atoms with Gasteiger partial charge in [0.25, 0.3) is 5.91 Å². The van der Waals surface area contributed by atoms with Gasteiger partial charge in [0.05, 0.1) is 6.04 Å². The number of hydrogen-bond donors (Lipinski definition) is 2. The number of nitrogens with two attached hydrogens (primary N) is 1. The minimum atomic E-state index is -0.545. The Bertz CT molecular complexity index is 755. The van der Waals surface area contributed by atoms with E-state index in [0.717, 1.165) is 11.1 Å². The molecule has 0 radical (unpaired) electrons. The molecule has 6 heteroatoms. The number of benzene rings is 2. The van der Waals surface area contributed by atoms with Crippen molar-refractivity contribution in [1.82, 2.24) is 5.32 Å². The highest BCUT2D eigenvalue weighted by atomic mass is 19.1. The number of rotatable bonds is 7. The molecule has 0 spiro atoms. The van der Waals surface area contributed by atoms with E-state index in [9.17, 15) is 14.0 Å². The highest BCUT2D eigenvalue weighted by molar-refractivity contribution is 5.92. The molecule has 2 aromatic carbocycles. The molecule has 2 amide bonds. The lowest BCUT2D eigenvalue weighted by atomic mass is 10.1. The van der Waals surface area contributed by atoms with Crippen LogP contribution in [0.5, 0.6) is 5.75 Å². The largest absolute Gasteiger partial charge is 0.484 e. The Morgan fingerprint density at radius 2 is 1.80 bits per heavy atom. The molecule has 0 heterocycles. The third kappa shape index (κ3) is 6.10. The van der Waals surface area contributed by atoms with Crippen molar-refractivity contribution in [2.45, 2.75) is 13.0 Å². The molecule has 2 rings (SSSR count). The van der Waals surface area contributed by atoms with Crippen molar-refractivity contribution in [3.8, 4) is 5.75 Å². The van der Waals surface area contributed by atoms with Gasteiger partial charge >= 0.3 is 0 Å². The second kappa shape index (κ2) is 8.63. The van der Waals surface area contributed by atoms with E-state index in [1.54, 1.807) is 42.5 Å². The molecule has 130 valence electrons. The number of carbonyl (C=O) groups is 2. The predicted molar refractivity (Wildman–Crippen MR) is 93.1 cm³/mol. The predicted octanol–water partition coefficient (Wildman–Crippen LogP) is 2.58. The standard InChI is InChI=1S/C19H19FN2O3/c1-13(15-5-7-16(20)8-6-15)22-19(24)11-4-14-2-9-17(10-3-14)25-12-18(21)23/h2-11,13H,12H2,1H3,(H2,21,23)(H,22,24)/b11-4+. The fourth-order valence-electron chi connectivity index (χ4n) is 2.10. The minimum Gasteiger partial charge on any atom is -0.484 e. The summed E-state index contributed by atoms with van der Waals surface area (Å²) >= 11 is 0. The van der Waals surface area contributed by atoms with Gasteiger partial charge in [0.15, 0.2) is 6.61 Å². The van der Waals surface area contributed by atoms with Gasteiger partial charge in [-0.3, -0.25) is 9.59 Å². The zero-order valence-corrected chi connectivity index (χ0v) is 13.7. The van der Waals surface area contributed by atoms with Gasteiger partial charge in [-0.05, 0) is 48.4 Å². The van der Waals surface area contributed by atoms with Crippen LogP contribution in [0.25, 0.3) is 6.08 Å². The first-order valence-electron chi connectivity index (χ1n) is 7.69. The summed E-state index contributed by atoms with van der Waals surface area (Å²) in [6.07, 6.45) is 3.07. The molecule has 0 aliphatic carbocycles. The Labute approximate surface area is 145 Å². The lowest BCUT2D eigenvalue weighted by molar-refractivity contribution is -0.120. The van der Waals surface area contributed by atoms with Crippen LogP contribution < -0.4 is 15.8 Å². The number of carbonyl (C=O) groups excluding carboxylic acids is 2. The smallest absolute Gasteiger partial charge is 0.255 e. The van der Waals surface area contributed by atoms with Gasteiger partial charge in [-0.15, -0.1) is 0 Å². The molecule has 1 atom stereocenters. The van der Waals surface area contributed by atoms with Crippen molar-refractivity contribution in [2.75, 3.05) is 6.61 Å². The van der Waals surface area contributed by atoms with Crippen molar-refractivity contribution in [3.05, 3.63) is 71.6 Å². The molecule has 5 nitrogen and oxygen atoms in total. The number of nitrogens with one attached hydrogen (secondary N) is 1. The third-order valence-corrected chi connectivity index (χ3v) is 3.42. The highest BCUT2D eigenvalue weighted by Gasteiger charge is 2.07. The van der Waals surface area contributed by atoms with Crippen LogP contribution in [0.1, 0.15) is 24.1 Å². The molecule has 2 aromatic rings. The Morgan fingerprint density at radius 3 is 2.40 bits per heavy atom. The quantitative estimate of drug-likeness (QED) is 0.759. The zero-order valence-electron chi connectivity index (χ0n) is 13.7. The molecule has 0 saturated carbocycles. The summed E-state index contributed by atoms with van der Waals surface area (Å²) in [5.41, 5.74) is 6.62. The van der Waals surface area contributed by atoms with Crippen molar-refractivity contribution < 1.29 is 18.7 Å². The SMILES string of the molecule is CC(NC(=O)/C=C/c1ccc(OCC(N)=O)cc1)c1ccc(F)cc1. The Balaban J connectivity index is 1.88. The van der Waals surface area contributed by atoms with Crippen LogP contribution in [0.2, 0.25) is 0 Å². The number of amides is 2. The van der Waals surface area contributed by atoms with Gasteiger partial charge in [-0.25, -0.2) is 4.39 Å². The van der Waals surface area contributed by atoms with E-state index in [4.69, 9.17) is 10.5 Å². The summed E-state index contributed by atoms with van der Waals surface area (Å²) < 4.78 is 18.1.